The molecular formula is C13H17IN6O. The van der Waals surface area contributed by atoms with Crippen molar-refractivity contribution < 1.29 is 4.79 Å². The molecule has 0 aromatic carbocycles. The van der Waals surface area contributed by atoms with Crippen molar-refractivity contribution in [3.63, 3.8) is 0 Å². The number of fused-ring (bicyclic) bond motifs is 1. The van der Waals surface area contributed by atoms with Gasteiger partial charge in [-0.3, -0.25) is 4.79 Å². The highest BCUT2D eigenvalue weighted by Gasteiger charge is 2.26. The molecule has 3 heterocycles. The third-order valence-corrected chi connectivity index (χ3v) is 4.75. The van der Waals surface area contributed by atoms with Gasteiger partial charge in [0.2, 0.25) is 5.91 Å². The van der Waals surface area contributed by atoms with E-state index in [1.54, 1.807) is 6.33 Å². The first-order chi connectivity index (χ1) is 10.1. The van der Waals surface area contributed by atoms with E-state index in [1.165, 1.54) is 0 Å². The van der Waals surface area contributed by atoms with Gasteiger partial charge in [-0.25, -0.2) is 15.0 Å². The lowest BCUT2D eigenvalue weighted by atomic mass is 10.2. The number of carbonyl (C=O) groups excluding carboxylic acids is 1. The van der Waals surface area contributed by atoms with E-state index >= 15 is 0 Å². The molecule has 21 heavy (non-hydrogen) atoms. The summed E-state index contributed by atoms with van der Waals surface area (Å²) in [4.78, 5) is 26.7. The van der Waals surface area contributed by atoms with Gasteiger partial charge in [0.25, 0.3) is 0 Å². The molecule has 0 radical (unpaired) electrons. The summed E-state index contributed by atoms with van der Waals surface area (Å²) in [5, 5.41) is 3.41. The first kappa shape index (κ1) is 14.5. The summed E-state index contributed by atoms with van der Waals surface area (Å²) in [5.74, 6) is 0.953. The van der Waals surface area contributed by atoms with E-state index in [9.17, 15) is 4.79 Å². The number of carbonyl (C=O) groups is 1. The lowest BCUT2D eigenvalue weighted by Crippen LogP contribution is -2.31. The van der Waals surface area contributed by atoms with Gasteiger partial charge in [0.1, 0.15) is 6.33 Å². The van der Waals surface area contributed by atoms with E-state index in [2.05, 4.69) is 42.9 Å². The second-order valence-corrected chi connectivity index (χ2v) is 6.12. The number of nitrogens with zero attached hydrogens (tertiary/aromatic N) is 5. The Morgan fingerprint density at radius 1 is 1.52 bits per heavy atom. The van der Waals surface area contributed by atoms with Crippen LogP contribution in [0.5, 0.6) is 0 Å². The second kappa shape index (κ2) is 5.74. The summed E-state index contributed by atoms with van der Waals surface area (Å²) in [5.41, 5.74) is 1.60. The van der Waals surface area contributed by atoms with Crippen LogP contribution in [-0.4, -0.2) is 49.5 Å². The summed E-state index contributed by atoms with van der Waals surface area (Å²) >= 11 is 2.18. The SMILES string of the molecule is CCC(=O)N1CC[C@H](Nc2ncnc3c2nc(I)n3C)C1. The molecule has 1 N–H and O–H groups in total. The van der Waals surface area contributed by atoms with Gasteiger partial charge in [0.15, 0.2) is 20.8 Å². The number of hydrogen-bond donors (Lipinski definition) is 1. The molecule has 2 aromatic rings. The Labute approximate surface area is 136 Å². The van der Waals surface area contributed by atoms with Gasteiger partial charge in [-0.1, -0.05) is 6.92 Å². The van der Waals surface area contributed by atoms with E-state index in [4.69, 9.17) is 0 Å². The smallest absolute Gasteiger partial charge is 0.222 e. The Hall–Kier alpha value is -1.45. The van der Waals surface area contributed by atoms with Gasteiger partial charge in [-0.05, 0) is 6.42 Å². The number of halogens is 1. The van der Waals surface area contributed by atoms with Crippen LogP contribution in [0.4, 0.5) is 5.82 Å². The number of nitrogens with one attached hydrogen (secondary N) is 1. The van der Waals surface area contributed by atoms with Gasteiger partial charge < -0.3 is 14.8 Å². The highest BCUT2D eigenvalue weighted by Crippen LogP contribution is 2.22. The predicted molar refractivity (Wildman–Crippen MR) is 87.9 cm³/mol. The minimum absolute atomic E-state index is 0.208. The summed E-state index contributed by atoms with van der Waals surface area (Å²) in [6.07, 6.45) is 3.04. The Morgan fingerprint density at radius 2 is 2.33 bits per heavy atom. The van der Waals surface area contributed by atoms with Crippen molar-refractivity contribution in [2.45, 2.75) is 25.8 Å². The fraction of sp³-hybridized carbons (Fsp3) is 0.538. The van der Waals surface area contributed by atoms with Crippen LogP contribution in [0.15, 0.2) is 6.33 Å². The molecule has 1 atom stereocenters. The highest BCUT2D eigenvalue weighted by atomic mass is 127. The monoisotopic (exact) mass is 400 g/mol. The zero-order chi connectivity index (χ0) is 15.0. The Kier molecular flexibility index (Phi) is 3.96. The van der Waals surface area contributed by atoms with Gasteiger partial charge in [0, 0.05) is 55.2 Å². The van der Waals surface area contributed by atoms with Gasteiger partial charge >= 0.3 is 0 Å². The van der Waals surface area contributed by atoms with Crippen LogP contribution in [0, 0.1) is 3.83 Å². The summed E-state index contributed by atoms with van der Waals surface area (Å²) < 4.78 is 2.81. The fourth-order valence-corrected chi connectivity index (χ4v) is 3.07. The number of anilines is 1. The van der Waals surface area contributed by atoms with Crippen molar-refractivity contribution in [3.05, 3.63) is 10.2 Å². The summed E-state index contributed by atoms with van der Waals surface area (Å²) in [7, 11) is 1.94. The molecule has 0 saturated carbocycles. The molecule has 3 rings (SSSR count). The average molecular weight is 400 g/mol. The number of aromatic nitrogens is 4. The van der Waals surface area contributed by atoms with Gasteiger partial charge in [-0.15, -0.1) is 0 Å². The van der Waals surface area contributed by atoms with Crippen molar-refractivity contribution in [1.29, 1.82) is 0 Å². The molecule has 0 aliphatic carbocycles. The third-order valence-electron chi connectivity index (χ3n) is 3.79. The van der Waals surface area contributed by atoms with Crippen LogP contribution in [-0.2, 0) is 11.8 Å². The molecule has 8 heteroatoms. The van der Waals surface area contributed by atoms with Crippen LogP contribution >= 0.6 is 22.6 Å². The zero-order valence-corrected chi connectivity index (χ0v) is 14.2. The summed E-state index contributed by atoms with van der Waals surface area (Å²) in [6, 6.07) is 0.221. The molecule has 0 spiro atoms. The van der Waals surface area contributed by atoms with Gasteiger partial charge in [0.05, 0.1) is 0 Å². The predicted octanol–water partition coefficient (Wildman–Crippen LogP) is 1.39. The molecular weight excluding hydrogens is 383 g/mol. The first-order valence-electron chi connectivity index (χ1n) is 6.97. The van der Waals surface area contributed by atoms with Crippen LogP contribution in [0.3, 0.4) is 0 Å². The maximum absolute atomic E-state index is 11.7. The average Bonchev–Trinajstić information content (AvgIpc) is 3.06. The van der Waals surface area contributed by atoms with Crippen LogP contribution in [0.2, 0.25) is 0 Å². The van der Waals surface area contributed by atoms with E-state index < -0.39 is 0 Å². The molecule has 7 nitrogen and oxygen atoms in total. The van der Waals surface area contributed by atoms with Crippen molar-refractivity contribution >= 4 is 45.5 Å². The number of aryl methyl sites for hydroxylation is 1. The topological polar surface area (TPSA) is 75.9 Å². The largest absolute Gasteiger partial charge is 0.364 e. The van der Waals surface area contributed by atoms with Crippen molar-refractivity contribution in [2.24, 2.45) is 7.05 Å². The lowest BCUT2D eigenvalue weighted by Gasteiger charge is -2.16. The van der Waals surface area contributed by atoms with Crippen LogP contribution in [0.1, 0.15) is 19.8 Å². The Balaban J connectivity index is 1.80. The van der Waals surface area contributed by atoms with E-state index in [-0.39, 0.29) is 11.9 Å². The van der Waals surface area contributed by atoms with Gasteiger partial charge in [-0.2, -0.15) is 0 Å². The highest BCUT2D eigenvalue weighted by molar-refractivity contribution is 14.1. The molecule has 2 aromatic heterocycles. The molecule has 1 aliphatic heterocycles. The van der Waals surface area contributed by atoms with Crippen molar-refractivity contribution in [3.8, 4) is 0 Å². The van der Waals surface area contributed by atoms with E-state index in [0.717, 1.165) is 40.3 Å². The maximum Gasteiger partial charge on any atom is 0.222 e. The molecule has 0 unspecified atom stereocenters. The third kappa shape index (κ3) is 2.68. The quantitative estimate of drug-likeness (QED) is 0.623. The number of amides is 1. The van der Waals surface area contributed by atoms with E-state index in [1.807, 2.05) is 23.4 Å². The van der Waals surface area contributed by atoms with E-state index in [0.29, 0.717) is 6.42 Å². The van der Waals surface area contributed by atoms with Crippen molar-refractivity contribution in [1.82, 2.24) is 24.4 Å². The number of rotatable bonds is 3. The normalized spacial score (nSPS) is 18.4. The molecule has 0 bridgehead atoms. The molecule has 1 fully saturated rings. The van der Waals surface area contributed by atoms with Crippen LogP contribution in [0.25, 0.3) is 11.2 Å². The number of likely N-dealkylation sites (tertiary alicyclic amines) is 1. The fourth-order valence-electron chi connectivity index (χ4n) is 2.60. The lowest BCUT2D eigenvalue weighted by molar-refractivity contribution is -0.129. The van der Waals surface area contributed by atoms with Crippen LogP contribution < -0.4 is 5.32 Å². The Morgan fingerprint density at radius 3 is 3.10 bits per heavy atom. The minimum Gasteiger partial charge on any atom is -0.364 e. The number of hydrogen-bond acceptors (Lipinski definition) is 5. The standard InChI is InChI=1S/C13H17IN6O/c1-3-9(21)20-5-4-8(6-20)17-11-10-12(16-7-15-11)19(2)13(14)18-10/h7-8H,3-6H2,1-2H3,(H,15,16,17)/t8-/m0/s1. The Bertz CT molecular complexity index is 685. The number of imidazole rings is 1. The minimum atomic E-state index is 0.208. The van der Waals surface area contributed by atoms with Crippen molar-refractivity contribution in [2.75, 3.05) is 18.4 Å². The first-order valence-corrected chi connectivity index (χ1v) is 8.05. The molecule has 1 aliphatic rings. The summed E-state index contributed by atoms with van der Waals surface area (Å²) in [6.45, 7) is 3.42. The maximum atomic E-state index is 11.7. The molecule has 1 saturated heterocycles. The second-order valence-electron chi connectivity index (χ2n) is 5.16. The zero-order valence-electron chi connectivity index (χ0n) is 12.0. The molecule has 112 valence electrons. The molecule has 1 amide bonds.